The minimum Gasteiger partial charge on any atom is -0.307 e. The highest BCUT2D eigenvalue weighted by atomic mass is 15.2. The van der Waals surface area contributed by atoms with Crippen LogP contribution in [0.1, 0.15) is 37.9 Å². The molecule has 3 aliphatic rings. The van der Waals surface area contributed by atoms with Gasteiger partial charge >= 0.3 is 0 Å². The summed E-state index contributed by atoms with van der Waals surface area (Å²) in [6, 6.07) is 0.740. The summed E-state index contributed by atoms with van der Waals surface area (Å²) in [5.74, 6) is 5.08. The average Bonchev–Trinajstić information content (AvgIpc) is 3.08. The number of H-pyrrole nitrogens is 1. The van der Waals surface area contributed by atoms with Crippen LogP contribution in [0.5, 0.6) is 0 Å². The van der Waals surface area contributed by atoms with Gasteiger partial charge in [0, 0.05) is 6.04 Å². The lowest BCUT2D eigenvalue weighted by Crippen LogP contribution is -2.39. The molecule has 0 radical (unpaired) electrons. The molecule has 4 heteroatoms. The van der Waals surface area contributed by atoms with Crippen molar-refractivity contribution in [2.75, 3.05) is 0 Å². The van der Waals surface area contributed by atoms with Crippen LogP contribution in [0.2, 0.25) is 0 Å². The molecule has 5 atom stereocenters. The molecule has 0 saturated heterocycles. The van der Waals surface area contributed by atoms with E-state index in [-0.39, 0.29) is 0 Å². The quantitative estimate of drug-likeness (QED) is 0.834. The smallest absolute Gasteiger partial charge is 0.138 e. The molecular weight excluding hydrogens is 212 g/mol. The molecule has 0 spiro atoms. The van der Waals surface area contributed by atoms with E-state index >= 15 is 0 Å². The van der Waals surface area contributed by atoms with E-state index in [9.17, 15) is 0 Å². The number of aromatic amines is 1. The molecule has 3 saturated carbocycles. The van der Waals surface area contributed by atoms with E-state index in [0.717, 1.165) is 42.1 Å². The Kier molecular flexibility index (Phi) is 2.25. The summed E-state index contributed by atoms with van der Waals surface area (Å²) < 4.78 is 0. The normalized spacial score (nSPS) is 43.2. The maximum absolute atomic E-state index is 4.18. The fraction of sp³-hybridized carbons (Fsp3) is 0.846. The van der Waals surface area contributed by atoms with Gasteiger partial charge in [0.05, 0.1) is 6.54 Å². The molecule has 4 nitrogen and oxygen atoms in total. The van der Waals surface area contributed by atoms with Gasteiger partial charge in [-0.15, -0.1) is 0 Å². The minimum absolute atomic E-state index is 0.740. The maximum atomic E-state index is 4.18. The van der Waals surface area contributed by atoms with Gasteiger partial charge in [0.25, 0.3) is 0 Å². The lowest BCUT2D eigenvalue weighted by atomic mass is 9.79. The number of hydrogen-bond acceptors (Lipinski definition) is 3. The molecule has 1 heterocycles. The van der Waals surface area contributed by atoms with E-state index in [1.54, 1.807) is 6.33 Å². The molecule has 0 aromatic carbocycles. The van der Waals surface area contributed by atoms with Crippen molar-refractivity contribution in [2.45, 2.75) is 44.7 Å². The lowest BCUT2D eigenvalue weighted by Gasteiger charge is -2.32. The van der Waals surface area contributed by atoms with Crippen molar-refractivity contribution >= 4 is 0 Å². The Labute approximate surface area is 102 Å². The van der Waals surface area contributed by atoms with E-state index in [1.165, 1.54) is 32.1 Å². The van der Waals surface area contributed by atoms with E-state index in [2.05, 4.69) is 20.5 Å². The molecule has 1 aromatic rings. The molecule has 0 aliphatic heterocycles. The van der Waals surface area contributed by atoms with Crippen molar-refractivity contribution in [1.29, 1.82) is 0 Å². The van der Waals surface area contributed by atoms with Gasteiger partial charge in [-0.3, -0.25) is 5.10 Å². The van der Waals surface area contributed by atoms with Crippen molar-refractivity contribution in [3.63, 3.8) is 0 Å². The second-order valence-corrected chi connectivity index (χ2v) is 6.07. The summed E-state index contributed by atoms with van der Waals surface area (Å²) in [4.78, 5) is 4.18. The van der Waals surface area contributed by atoms with Gasteiger partial charge in [0.1, 0.15) is 12.2 Å². The second kappa shape index (κ2) is 3.80. The van der Waals surface area contributed by atoms with Crippen LogP contribution in [-0.2, 0) is 6.54 Å². The highest BCUT2D eigenvalue weighted by Gasteiger charge is 2.53. The first-order valence-electron chi connectivity index (χ1n) is 6.99. The van der Waals surface area contributed by atoms with Gasteiger partial charge in [-0.1, -0.05) is 6.42 Å². The number of aromatic nitrogens is 3. The van der Waals surface area contributed by atoms with Gasteiger partial charge < -0.3 is 5.32 Å². The predicted molar refractivity (Wildman–Crippen MR) is 64.1 cm³/mol. The zero-order chi connectivity index (χ0) is 11.2. The SMILES string of the molecule is c1n[nH]c(CNC2CC3CC2C2CCCC32)n1. The first-order valence-corrected chi connectivity index (χ1v) is 6.99. The van der Waals surface area contributed by atoms with Crippen LogP contribution >= 0.6 is 0 Å². The Morgan fingerprint density at radius 2 is 2.18 bits per heavy atom. The molecule has 3 aliphatic carbocycles. The Morgan fingerprint density at radius 3 is 3.06 bits per heavy atom. The summed E-state index contributed by atoms with van der Waals surface area (Å²) in [7, 11) is 0. The van der Waals surface area contributed by atoms with Crippen LogP contribution in [0, 0.1) is 23.7 Å². The van der Waals surface area contributed by atoms with E-state index in [4.69, 9.17) is 0 Å². The van der Waals surface area contributed by atoms with Crippen molar-refractivity contribution in [3.05, 3.63) is 12.2 Å². The Bertz CT molecular complexity index is 388. The molecule has 3 fully saturated rings. The maximum Gasteiger partial charge on any atom is 0.138 e. The number of nitrogens with one attached hydrogen (secondary N) is 2. The van der Waals surface area contributed by atoms with E-state index < -0.39 is 0 Å². The van der Waals surface area contributed by atoms with Crippen LogP contribution in [0.4, 0.5) is 0 Å². The minimum atomic E-state index is 0.740. The zero-order valence-corrected chi connectivity index (χ0v) is 10.1. The second-order valence-electron chi connectivity index (χ2n) is 6.07. The Morgan fingerprint density at radius 1 is 1.24 bits per heavy atom. The first kappa shape index (κ1) is 10.1. The monoisotopic (exact) mass is 232 g/mol. The summed E-state index contributed by atoms with van der Waals surface area (Å²) in [5.41, 5.74) is 0. The first-order chi connectivity index (χ1) is 8.42. The van der Waals surface area contributed by atoms with Crippen LogP contribution in [0.3, 0.4) is 0 Å². The number of rotatable bonds is 3. The van der Waals surface area contributed by atoms with Crippen molar-refractivity contribution in [1.82, 2.24) is 20.5 Å². The number of hydrogen-bond donors (Lipinski definition) is 2. The van der Waals surface area contributed by atoms with Gasteiger partial charge in [0.2, 0.25) is 0 Å². The van der Waals surface area contributed by atoms with Crippen molar-refractivity contribution in [3.8, 4) is 0 Å². The standard InChI is InChI=1S/C13H20N4/c1-2-9-8-4-11(10(9)3-1)12(5-8)14-6-13-15-7-16-17-13/h7-12,14H,1-6H2,(H,15,16,17). The molecule has 2 N–H and O–H groups in total. The van der Waals surface area contributed by atoms with Crippen LogP contribution in [0.25, 0.3) is 0 Å². The molecule has 0 amide bonds. The van der Waals surface area contributed by atoms with Crippen molar-refractivity contribution in [2.24, 2.45) is 23.7 Å². The van der Waals surface area contributed by atoms with Crippen LogP contribution in [-0.4, -0.2) is 21.2 Å². The molecular formula is C13H20N4. The summed E-state index contributed by atoms with van der Waals surface area (Å²) in [6.45, 7) is 0.852. The van der Waals surface area contributed by atoms with Crippen LogP contribution in [0.15, 0.2) is 6.33 Å². The fourth-order valence-electron chi connectivity index (χ4n) is 4.85. The van der Waals surface area contributed by atoms with Crippen LogP contribution < -0.4 is 5.32 Å². The lowest BCUT2D eigenvalue weighted by molar-refractivity contribution is 0.207. The zero-order valence-electron chi connectivity index (χ0n) is 10.1. The highest BCUT2D eigenvalue weighted by molar-refractivity contribution is 5.05. The molecule has 5 unspecified atom stereocenters. The molecule has 17 heavy (non-hydrogen) atoms. The third-order valence-electron chi connectivity index (χ3n) is 5.43. The van der Waals surface area contributed by atoms with Gasteiger partial charge in [-0.2, -0.15) is 5.10 Å². The highest BCUT2D eigenvalue weighted by Crippen LogP contribution is 2.58. The predicted octanol–water partition coefficient (Wildman–Crippen LogP) is 1.72. The summed E-state index contributed by atoms with van der Waals surface area (Å²) >= 11 is 0. The molecule has 1 aromatic heterocycles. The Balaban J connectivity index is 1.41. The summed E-state index contributed by atoms with van der Waals surface area (Å²) in [5, 5.41) is 10.5. The fourth-order valence-corrected chi connectivity index (χ4v) is 4.85. The van der Waals surface area contributed by atoms with Crippen molar-refractivity contribution < 1.29 is 0 Å². The summed E-state index contributed by atoms with van der Waals surface area (Å²) in [6.07, 6.45) is 8.97. The van der Waals surface area contributed by atoms with Gasteiger partial charge in [-0.05, 0) is 49.4 Å². The topological polar surface area (TPSA) is 53.6 Å². The molecule has 2 bridgehead atoms. The largest absolute Gasteiger partial charge is 0.307 e. The number of nitrogens with zero attached hydrogens (tertiary/aromatic N) is 2. The third-order valence-corrected chi connectivity index (χ3v) is 5.43. The number of fused-ring (bicyclic) bond motifs is 5. The van der Waals surface area contributed by atoms with Gasteiger partial charge in [-0.25, -0.2) is 4.98 Å². The third kappa shape index (κ3) is 1.53. The molecule has 92 valence electrons. The Hall–Kier alpha value is -0.900. The average molecular weight is 232 g/mol. The van der Waals surface area contributed by atoms with E-state index in [0.29, 0.717) is 0 Å². The van der Waals surface area contributed by atoms with Gasteiger partial charge in [0.15, 0.2) is 0 Å². The molecule has 4 rings (SSSR count). The van der Waals surface area contributed by atoms with E-state index in [1.807, 2.05) is 0 Å².